The molecule has 6 N–H and O–H groups in total. The van der Waals surface area contributed by atoms with Crippen molar-refractivity contribution in [3.05, 3.63) is 65.7 Å². The Bertz CT molecular complexity index is 3520. The highest BCUT2D eigenvalue weighted by Crippen LogP contribution is 2.52. The number of benzene rings is 2. The zero-order valence-corrected chi connectivity index (χ0v) is 66.5. The Morgan fingerprint density at radius 3 is 2.00 bits per heavy atom. The molecule has 4 fully saturated rings. The molecule has 0 spiro atoms. The number of rotatable bonds is 46. The van der Waals surface area contributed by atoms with Gasteiger partial charge in [-0.15, -0.1) is 16.8 Å². The van der Waals surface area contributed by atoms with E-state index in [2.05, 4.69) is 21.3 Å². The number of methoxy groups -OCH3 is 2. The van der Waals surface area contributed by atoms with Gasteiger partial charge in [-0.2, -0.15) is 0 Å². The van der Waals surface area contributed by atoms with Crippen LogP contribution in [0.1, 0.15) is 194 Å². The van der Waals surface area contributed by atoms with E-state index >= 15 is 0 Å². The summed E-state index contributed by atoms with van der Waals surface area (Å²) in [4.78, 5) is 211. The summed E-state index contributed by atoms with van der Waals surface area (Å²) in [5.41, 5.74) is 6.22. The number of nitrogens with zero attached hydrogens (tertiary/aromatic N) is 5. The number of amides is 12. The van der Waals surface area contributed by atoms with E-state index in [0.29, 0.717) is 85.5 Å². The number of nitrogens with two attached hydrogens (primary N) is 1. The molecule has 602 valence electrons. The Morgan fingerprint density at radius 1 is 0.734 bits per heavy atom. The monoisotopic (exact) mass is 1540 g/mol. The van der Waals surface area contributed by atoms with E-state index in [0.717, 1.165) is 0 Å². The van der Waals surface area contributed by atoms with Gasteiger partial charge in [-0.25, -0.2) is 14.4 Å². The summed E-state index contributed by atoms with van der Waals surface area (Å²) in [7, 11) is 6.13. The maximum atomic E-state index is 14.9. The molecule has 12 amide bonds. The van der Waals surface area contributed by atoms with Crippen molar-refractivity contribution in [2.75, 3.05) is 65.6 Å². The number of anilines is 1. The van der Waals surface area contributed by atoms with Crippen LogP contribution in [-0.2, 0) is 83.2 Å². The maximum Gasteiger partial charge on any atom is 0.410 e. The predicted molar refractivity (Wildman–Crippen MR) is 406 cm³/mol. The SMILES string of the molecule is CC[C@H](C)[C@@H]([C@@H](CC(=O)N1CCC[C@H]1[C@H](OC)[C@@H](C)C(=O)NCC(=O)c1ccccc1)OC)N(C)C(=O)[C@@H](CC(=O)[C@H](C(C)C)N(C)C(=O)OCc1ccc(NC(=O)[C@H](CCCNC(N)=O)CC(=O)[C@@H](NC(=O)CCCCCN2C(=O)CC(SCC3(CC(=O)ON4C(=O)CCC4=O)CC3)C2=O)C(C)C)cc1)C(C)C. The number of hydroxylamine groups is 2. The summed E-state index contributed by atoms with van der Waals surface area (Å²) >= 11 is 1.30. The summed E-state index contributed by atoms with van der Waals surface area (Å²) < 4.78 is 17.8. The fourth-order valence-electron chi connectivity index (χ4n) is 14.7. The molecule has 0 radical (unpaired) electrons. The number of thioether (sulfide) groups is 1. The third-order valence-corrected chi connectivity index (χ3v) is 23.1. The van der Waals surface area contributed by atoms with E-state index in [-0.39, 0.29) is 155 Å². The molecule has 6 rings (SSSR count). The number of ether oxygens (including phenoxy) is 3. The van der Waals surface area contributed by atoms with Crippen molar-refractivity contribution in [2.24, 2.45) is 52.6 Å². The van der Waals surface area contributed by atoms with Crippen molar-refractivity contribution >= 4 is 106 Å². The first-order valence-electron chi connectivity index (χ1n) is 38.3. The third-order valence-electron chi connectivity index (χ3n) is 21.5. The van der Waals surface area contributed by atoms with Gasteiger partial charge in [0.25, 0.3) is 11.8 Å². The molecule has 3 aliphatic heterocycles. The van der Waals surface area contributed by atoms with Gasteiger partial charge in [0.15, 0.2) is 17.3 Å². The lowest BCUT2D eigenvalue weighted by molar-refractivity contribution is -0.198. The molecule has 1 saturated carbocycles. The van der Waals surface area contributed by atoms with Crippen LogP contribution in [0.5, 0.6) is 0 Å². The van der Waals surface area contributed by atoms with E-state index in [4.69, 9.17) is 24.8 Å². The molecule has 30 heteroatoms. The van der Waals surface area contributed by atoms with Crippen LogP contribution in [0.4, 0.5) is 15.3 Å². The molecule has 0 aromatic heterocycles. The first-order chi connectivity index (χ1) is 51.7. The van der Waals surface area contributed by atoms with Gasteiger partial charge in [0.1, 0.15) is 6.61 Å². The summed E-state index contributed by atoms with van der Waals surface area (Å²) in [6.07, 6.45) is 2.25. The van der Waals surface area contributed by atoms with Crippen LogP contribution >= 0.6 is 11.8 Å². The third kappa shape index (κ3) is 25.7. The second-order valence-corrected chi connectivity index (χ2v) is 31.9. The van der Waals surface area contributed by atoms with Gasteiger partial charge in [0.2, 0.25) is 41.4 Å². The zero-order valence-electron chi connectivity index (χ0n) is 65.7. The fraction of sp³-hybridized carbons (Fsp3) is 0.658. The average molecular weight is 1540 g/mol. The molecule has 0 bridgehead atoms. The minimum absolute atomic E-state index is 0.0128. The van der Waals surface area contributed by atoms with Gasteiger partial charge in [-0.05, 0) is 98.1 Å². The van der Waals surface area contributed by atoms with Gasteiger partial charge in [0, 0.05) is 115 Å². The Kier molecular flexibility index (Phi) is 34.8. The van der Waals surface area contributed by atoms with Gasteiger partial charge < -0.3 is 60.7 Å². The Balaban J connectivity index is 0.976. The van der Waals surface area contributed by atoms with Crippen LogP contribution in [0.25, 0.3) is 0 Å². The molecule has 3 saturated heterocycles. The Morgan fingerprint density at radius 2 is 1.40 bits per heavy atom. The molecule has 11 atom stereocenters. The fourth-order valence-corrected chi connectivity index (χ4v) is 16.2. The van der Waals surface area contributed by atoms with Crippen LogP contribution in [0, 0.1) is 46.8 Å². The van der Waals surface area contributed by atoms with Gasteiger partial charge in [0.05, 0.1) is 66.9 Å². The lowest BCUT2D eigenvalue weighted by atomic mass is 9.83. The minimum Gasteiger partial charge on any atom is -0.445 e. The van der Waals surface area contributed by atoms with Gasteiger partial charge in [-0.3, -0.25) is 62.4 Å². The van der Waals surface area contributed by atoms with Crippen LogP contribution in [0.3, 0.4) is 0 Å². The van der Waals surface area contributed by atoms with Crippen molar-refractivity contribution in [1.82, 2.24) is 40.6 Å². The number of carbonyl (C=O) groups is 15. The molecule has 109 heavy (non-hydrogen) atoms. The second-order valence-electron chi connectivity index (χ2n) is 30.7. The van der Waals surface area contributed by atoms with Crippen LogP contribution in [0.2, 0.25) is 0 Å². The van der Waals surface area contributed by atoms with Crippen LogP contribution in [0.15, 0.2) is 54.6 Å². The van der Waals surface area contributed by atoms with E-state index in [1.807, 2.05) is 27.7 Å². The van der Waals surface area contributed by atoms with Crippen molar-refractivity contribution in [3.63, 3.8) is 0 Å². The van der Waals surface area contributed by atoms with Crippen molar-refractivity contribution in [2.45, 2.75) is 226 Å². The number of urea groups is 1. The number of imide groups is 2. The van der Waals surface area contributed by atoms with E-state index in [1.54, 1.807) is 106 Å². The van der Waals surface area contributed by atoms with E-state index in [9.17, 15) is 71.9 Å². The number of Topliss-reactive ketones (excluding diaryl/α,β-unsaturated/α-hetero) is 3. The van der Waals surface area contributed by atoms with Crippen molar-refractivity contribution < 1.29 is 91.0 Å². The second kappa shape index (κ2) is 42.5. The molecule has 2 aromatic rings. The van der Waals surface area contributed by atoms with E-state index in [1.165, 1.54) is 42.8 Å². The quantitative estimate of drug-likeness (QED) is 0.0240. The number of likely N-dealkylation sites (N-methyl/N-ethyl adjacent to an activating group) is 2. The molecule has 4 aliphatic rings. The number of unbranched alkanes of at least 4 members (excludes halogenated alkanes) is 2. The number of primary amides is 1. The van der Waals surface area contributed by atoms with Gasteiger partial charge in [-0.1, -0.05) is 118 Å². The number of nitrogens with one attached hydrogen (secondary N) is 4. The zero-order chi connectivity index (χ0) is 80.6. The summed E-state index contributed by atoms with van der Waals surface area (Å²) in [5, 5.41) is 10.8. The average Bonchev–Trinajstić information content (AvgIpc) is 1.74. The number of ketones is 3. The highest BCUT2D eigenvalue weighted by molar-refractivity contribution is 8.00. The first kappa shape index (κ1) is 89.3. The molecule has 29 nitrogen and oxygen atoms in total. The number of likely N-dealkylation sites (tertiary alicyclic amines) is 2. The smallest absolute Gasteiger partial charge is 0.410 e. The topological polar surface area (TPSA) is 383 Å². The normalized spacial score (nSPS) is 18.6. The first-order valence-corrected chi connectivity index (χ1v) is 39.4. The summed E-state index contributed by atoms with van der Waals surface area (Å²) in [6.45, 7) is 16.8. The molecular weight excluding hydrogens is 1420 g/mol. The van der Waals surface area contributed by atoms with Crippen LogP contribution < -0.4 is 27.0 Å². The largest absolute Gasteiger partial charge is 0.445 e. The lowest BCUT2D eigenvalue weighted by Crippen LogP contribution is -2.54. The highest BCUT2D eigenvalue weighted by atomic mass is 32.2. The highest BCUT2D eigenvalue weighted by Gasteiger charge is 2.49. The number of hydrogen-bond donors (Lipinski definition) is 5. The predicted octanol–water partition coefficient (Wildman–Crippen LogP) is 7.73. The summed E-state index contributed by atoms with van der Waals surface area (Å²) in [5.74, 6) is -8.57. The molecule has 1 aliphatic carbocycles. The minimum atomic E-state index is -0.992. The van der Waals surface area contributed by atoms with E-state index < -0.39 is 112 Å². The molecular formula is C79H116N10O19S. The Hall–Kier alpha value is -8.64. The molecule has 1 unspecified atom stereocenters. The maximum absolute atomic E-state index is 14.9. The molecule has 2 aromatic carbocycles. The molecule has 3 heterocycles. The lowest BCUT2D eigenvalue weighted by Gasteiger charge is -2.41. The number of hydrogen-bond acceptors (Lipinski definition) is 20. The standard InChI is InChI=1S/C79H116N10O19S/c1-14-50(8)71(61(105-12)41-66(96)87-38-22-26-57(87)72(106-13)51(9)73(99)82-44-60(92)53-23-17-15-18-24-53)85(10)75(101)56(47(2)3)40-59(91)70(49(6)7)86(11)78(104)107-45-52-28-30-55(31-29-52)83-74(100)54(25-21-36-81-77(80)103)39-58(90)69(48(4)5)84-63(93)27-19-16-20-37-88-67(97)42-62(76(88)102)109-46-79(34-35-79)43-68(98)108-89-64(94)32-33-65(89)95/h15,17-18,23-24,28-31,47-51,54,56-57,61-62,69-72H,14,16,19-22,25-27,32-46H2,1-13H3,(H,82,99)(H,83,100)(H,84,93)(H3,80,81,103)/t50-,51+,54+,56-,57-,61+,62?,69-,70-,71-,72+/m0/s1. The van der Waals surface area contributed by atoms with Crippen molar-refractivity contribution in [3.8, 4) is 0 Å². The van der Waals surface area contributed by atoms with Crippen LogP contribution in [-0.4, -0.2) is 215 Å². The summed E-state index contributed by atoms with van der Waals surface area (Å²) in [6, 6.07) is 11.4. The van der Waals surface area contributed by atoms with Crippen molar-refractivity contribution in [1.29, 1.82) is 0 Å². The van der Waals surface area contributed by atoms with Gasteiger partial charge >= 0.3 is 18.1 Å². The Labute approximate surface area is 644 Å². The number of carbonyl (C=O) groups excluding carboxylic acids is 15.